The number of likely N-dealkylation sites (tertiary alicyclic amines) is 1. The number of nitrogens with zero attached hydrogens (tertiary/aromatic N) is 2. The molecule has 1 saturated heterocycles. The molecule has 3 aromatic rings. The van der Waals surface area contributed by atoms with Crippen LogP contribution in [0.3, 0.4) is 0 Å². The molecule has 2 heterocycles. The van der Waals surface area contributed by atoms with Gasteiger partial charge < -0.3 is 29.7 Å². The van der Waals surface area contributed by atoms with Gasteiger partial charge in [-0.3, -0.25) is 10.1 Å². The number of unbranched alkanes of at least 4 members (excludes halogenated alkanes) is 2. The smallest absolute Gasteiger partial charge is 0.319 e. The van der Waals surface area contributed by atoms with E-state index in [4.69, 9.17) is 14.2 Å². The molecule has 3 N–H and O–H groups in total. The molecule has 2 aromatic carbocycles. The molecule has 0 atom stereocenters. The molecule has 1 aromatic heterocycles. The van der Waals surface area contributed by atoms with Crippen LogP contribution in [0.25, 0.3) is 0 Å². The molecule has 1 aliphatic heterocycles. The van der Waals surface area contributed by atoms with Crippen LogP contribution in [0.1, 0.15) is 68.8 Å². The van der Waals surface area contributed by atoms with Gasteiger partial charge in [0.25, 0.3) is 5.91 Å². The van der Waals surface area contributed by atoms with E-state index >= 15 is 0 Å². The third-order valence-corrected chi connectivity index (χ3v) is 8.02. The first-order chi connectivity index (χ1) is 20.8. The summed E-state index contributed by atoms with van der Waals surface area (Å²) in [4.78, 5) is 31.8. The van der Waals surface area contributed by atoms with Gasteiger partial charge in [0.05, 0.1) is 12.8 Å². The highest BCUT2D eigenvalue weighted by Crippen LogP contribution is 2.34. The third-order valence-electron chi connectivity index (χ3n) is 7.23. The number of benzene rings is 2. The normalized spacial score (nSPS) is 14.0. The molecule has 11 heteroatoms. The molecule has 1 aliphatic rings. The quantitative estimate of drug-likeness (QED) is 0.170. The summed E-state index contributed by atoms with van der Waals surface area (Å²) < 4.78 is 17.6. The first-order valence-electron chi connectivity index (χ1n) is 15.0. The van der Waals surface area contributed by atoms with E-state index < -0.39 is 0 Å². The zero-order valence-corrected chi connectivity index (χ0v) is 26.3. The second kappa shape index (κ2) is 16.3. The molecule has 0 aliphatic carbocycles. The first-order valence-corrected chi connectivity index (χ1v) is 15.8. The lowest BCUT2D eigenvalue weighted by atomic mass is 10.1. The van der Waals surface area contributed by atoms with Crippen molar-refractivity contribution in [2.75, 3.05) is 37.4 Å². The maximum absolute atomic E-state index is 12.9. The average Bonchev–Trinajstić information content (AvgIpc) is 3.44. The number of carbonyl (C=O) groups excluding carboxylic acids is 2. The number of aromatic nitrogens is 1. The van der Waals surface area contributed by atoms with Gasteiger partial charge in [-0.05, 0) is 75.6 Å². The van der Waals surface area contributed by atoms with Crippen LogP contribution in [0.4, 0.5) is 15.6 Å². The van der Waals surface area contributed by atoms with E-state index in [2.05, 4.69) is 46.6 Å². The van der Waals surface area contributed by atoms with Crippen LogP contribution < -0.4 is 25.4 Å². The predicted octanol–water partition coefficient (Wildman–Crippen LogP) is 6.90. The van der Waals surface area contributed by atoms with Gasteiger partial charge in [-0.2, -0.15) is 0 Å². The van der Waals surface area contributed by atoms with Gasteiger partial charge in [0, 0.05) is 49.6 Å². The number of ether oxygens (including phenoxy) is 3. The van der Waals surface area contributed by atoms with E-state index in [0.29, 0.717) is 46.4 Å². The third kappa shape index (κ3) is 9.94. The standard InChI is InChI=1S/C32H43N5O5S/c1-5-6-7-16-33-31(39)35-25-10-13-28(24(19-25)21-40-4)42-29-20-34-32(43-29)36-30(38)23-8-11-26(12-9-23)41-27-14-17-37(18-15-27)22(2)3/h8-13,19-20,22,27H,5-7,14-18,21H2,1-4H3,(H2,33,35,39)(H,34,36,38). The van der Waals surface area contributed by atoms with Gasteiger partial charge >= 0.3 is 6.03 Å². The lowest BCUT2D eigenvalue weighted by molar-refractivity contribution is 0.0843. The monoisotopic (exact) mass is 609 g/mol. The number of hydrogen-bond donors (Lipinski definition) is 3. The van der Waals surface area contributed by atoms with E-state index in [0.717, 1.165) is 56.5 Å². The topological polar surface area (TPSA) is 114 Å². The average molecular weight is 610 g/mol. The number of thiazole rings is 1. The molecule has 43 heavy (non-hydrogen) atoms. The van der Waals surface area contributed by atoms with Crippen LogP contribution in [0.2, 0.25) is 0 Å². The Balaban J connectivity index is 1.29. The summed E-state index contributed by atoms with van der Waals surface area (Å²) in [6.45, 7) is 9.57. The fourth-order valence-electron chi connectivity index (χ4n) is 4.81. The van der Waals surface area contributed by atoms with Crippen LogP contribution in [0, 0.1) is 0 Å². The van der Waals surface area contributed by atoms with Crippen LogP contribution in [0.15, 0.2) is 48.7 Å². The number of rotatable bonds is 14. The number of hydrogen-bond acceptors (Lipinski definition) is 8. The summed E-state index contributed by atoms with van der Waals surface area (Å²) in [7, 11) is 1.60. The number of nitrogens with one attached hydrogen (secondary N) is 3. The molecule has 0 bridgehead atoms. The molecular weight excluding hydrogens is 566 g/mol. The molecule has 232 valence electrons. The number of piperidine rings is 1. The van der Waals surface area contributed by atoms with Crippen LogP contribution in [-0.4, -0.2) is 60.7 Å². The summed E-state index contributed by atoms with van der Waals surface area (Å²) >= 11 is 1.22. The molecule has 4 rings (SSSR count). The van der Waals surface area contributed by atoms with Crippen LogP contribution in [0.5, 0.6) is 16.6 Å². The van der Waals surface area contributed by atoms with Gasteiger partial charge in [0.1, 0.15) is 17.6 Å². The Hall–Kier alpha value is -3.67. The second-order valence-corrected chi connectivity index (χ2v) is 11.8. The highest BCUT2D eigenvalue weighted by Gasteiger charge is 2.22. The maximum Gasteiger partial charge on any atom is 0.319 e. The summed E-state index contributed by atoms with van der Waals surface area (Å²) in [6, 6.07) is 12.9. The van der Waals surface area contributed by atoms with Crippen molar-refractivity contribution in [1.29, 1.82) is 0 Å². The van der Waals surface area contributed by atoms with E-state index in [1.807, 2.05) is 18.2 Å². The molecule has 0 spiro atoms. The van der Waals surface area contributed by atoms with Crippen molar-refractivity contribution in [3.8, 4) is 16.6 Å². The zero-order valence-electron chi connectivity index (χ0n) is 25.5. The Kier molecular flexibility index (Phi) is 12.2. The Morgan fingerprint density at radius 2 is 1.84 bits per heavy atom. The molecule has 0 saturated carbocycles. The fraction of sp³-hybridized carbons (Fsp3) is 0.469. The Labute approximate surface area is 258 Å². The van der Waals surface area contributed by atoms with Crippen LogP contribution in [-0.2, 0) is 11.3 Å². The Bertz CT molecular complexity index is 1320. The minimum Gasteiger partial charge on any atom is -0.490 e. The Morgan fingerprint density at radius 3 is 2.53 bits per heavy atom. The van der Waals surface area contributed by atoms with Gasteiger partial charge in [-0.15, -0.1) is 0 Å². The van der Waals surface area contributed by atoms with Gasteiger partial charge in [-0.25, -0.2) is 9.78 Å². The highest BCUT2D eigenvalue weighted by atomic mass is 32.1. The van der Waals surface area contributed by atoms with Crippen molar-refractivity contribution in [3.63, 3.8) is 0 Å². The van der Waals surface area contributed by atoms with Crippen LogP contribution >= 0.6 is 11.3 Å². The molecule has 10 nitrogen and oxygen atoms in total. The van der Waals surface area contributed by atoms with Crippen molar-refractivity contribution < 1.29 is 23.8 Å². The summed E-state index contributed by atoms with van der Waals surface area (Å²) in [5.74, 6) is 1.08. The van der Waals surface area contributed by atoms with E-state index in [1.54, 1.807) is 37.6 Å². The van der Waals surface area contributed by atoms with Crippen molar-refractivity contribution in [1.82, 2.24) is 15.2 Å². The van der Waals surface area contributed by atoms with Crippen molar-refractivity contribution in [2.24, 2.45) is 0 Å². The lowest BCUT2D eigenvalue weighted by Crippen LogP contribution is -2.41. The minimum absolute atomic E-state index is 0.195. The largest absolute Gasteiger partial charge is 0.490 e. The highest BCUT2D eigenvalue weighted by molar-refractivity contribution is 7.17. The maximum atomic E-state index is 12.9. The van der Waals surface area contributed by atoms with E-state index in [-0.39, 0.29) is 18.0 Å². The van der Waals surface area contributed by atoms with Gasteiger partial charge in [0.2, 0.25) is 5.06 Å². The van der Waals surface area contributed by atoms with E-state index in [1.165, 1.54) is 11.3 Å². The fourth-order valence-corrected chi connectivity index (χ4v) is 5.48. The second-order valence-electron chi connectivity index (χ2n) is 10.9. The minimum atomic E-state index is -0.263. The number of anilines is 2. The molecule has 1 fully saturated rings. The summed E-state index contributed by atoms with van der Waals surface area (Å²) in [5.41, 5.74) is 1.91. The molecule has 0 unspecified atom stereocenters. The summed E-state index contributed by atoms with van der Waals surface area (Å²) in [5, 5.41) is 9.48. The van der Waals surface area contributed by atoms with Gasteiger partial charge in [-0.1, -0.05) is 31.1 Å². The SMILES string of the molecule is CCCCCNC(=O)Nc1ccc(Oc2cnc(NC(=O)c3ccc(OC4CCN(C(C)C)CC4)cc3)s2)c(COC)c1. The molecule has 3 amide bonds. The predicted molar refractivity (Wildman–Crippen MR) is 171 cm³/mol. The van der Waals surface area contributed by atoms with Crippen molar-refractivity contribution in [3.05, 3.63) is 59.8 Å². The number of urea groups is 1. The zero-order chi connectivity index (χ0) is 30.6. The molecular formula is C32H43N5O5S. The summed E-state index contributed by atoms with van der Waals surface area (Å²) in [6.07, 6.45) is 6.88. The van der Waals surface area contributed by atoms with E-state index in [9.17, 15) is 9.59 Å². The van der Waals surface area contributed by atoms with Crippen molar-refractivity contribution in [2.45, 2.75) is 71.6 Å². The number of amides is 3. The Morgan fingerprint density at radius 1 is 1.07 bits per heavy atom. The van der Waals surface area contributed by atoms with Crippen molar-refractivity contribution >= 4 is 34.1 Å². The lowest BCUT2D eigenvalue weighted by Gasteiger charge is -2.34. The number of methoxy groups -OCH3 is 1. The molecule has 0 radical (unpaired) electrons. The van der Waals surface area contributed by atoms with Gasteiger partial charge in [0.15, 0.2) is 5.13 Å². The first kappa shape index (κ1) is 32.2. The number of carbonyl (C=O) groups is 2.